The third-order valence-corrected chi connectivity index (χ3v) is 14.3. The summed E-state index contributed by atoms with van der Waals surface area (Å²) in [5.74, 6) is -0.298. The van der Waals surface area contributed by atoms with Crippen LogP contribution in [-0.2, 0) is 20.8 Å². The molecule has 0 radical (unpaired) electrons. The van der Waals surface area contributed by atoms with Crippen LogP contribution in [0.3, 0.4) is 0 Å². The lowest BCUT2D eigenvalue weighted by Gasteiger charge is -2.41. The quantitative estimate of drug-likeness (QED) is 0.0934. The van der Waals surface area contributed by atoms with Crippen LogP contribution in [-0.4, -0.2) is 159 Å². The molecular formula is C53H70N8O8. The maximum absolute atomic E-state index is 14.1. The number of carbonyl (C=O) groups is 2. The van der Waals surface area contributed by atoms with Crippen LogP contribution in [0.15, 0.2) is 104 Å². The Morgan fingerprint density at radius 1 is 0.652 bits per heavy atom. The SMILES string of the molecule is COCC1(O)CCCCC1n1cnc(C(=O)N2CCNC[C@H]2CO)c1-c1ccccc1.COCC1(O)CCCCC1n1cnc(C(=O)N2CCNC[C@H]2COCc2ccccc2)c1-c1ccccc1. The first-order chi connectivity index (χ1) is 33.7. The van der Waals surface area contributed by atoms with Crippen LogP contribution in [0.4, 0.5) is 0 Å². The Bertz CT molecular complexity index is 2390. The molecule has 2 amide bonds. The summed E-state index contributed by atoms with van der Waals surface area (Å²) >= 11 is 0. The number of nitrogens with zero attached hydrogens (tertiary/aromatic N) is 6. The summed E-state index contributed by atoms with van der Waals surface area (Å²) in [6, 6.07) is 28.8. The second kappa shape index (κ2) is 23.5. The Morgan fingerprint density at radius 3 is 1.57 bits per heavy atom. The van der Waals surface area contributed by atoms with Crippen LogP contribution in [0.1, 0.15) is 90.0 Å². The summed E-state index contributed by atoms with van der Waals surface area (Å²) in [6.45, 7) is 5.03. The van der Waals surface area contributed by atoms with E-state index in [1.54, 1.807) is 31.8 Å². The van der Waals surface area contributed by atoms with Crippen LogP contribution in [0.5, 0.6) is 0 Å². The predicted molar refractivity (Wildman–Crippen MR) is 263 cm³/mol. The van der Waals surface area contributed by atoms with Gasteiger partial charge in [-0.2, -0.15) is 0 Å². The Balaban J connectivity index is 0.000000190. The van der Waals surface area contributed by atoms with E-state index in [0.717, 1.165) is 67.5 Å². The maximum Gasteiger partial charge on any atom is 0.275 e. The molecule has 2 saturated heterocycles. The van der Waals surface area contributed by atoms with Crippen LogP contribution < -0.4 is 10.6 Å². The first-order valence-electron chi connectivity index (χ1n) is 24.6. The van der Waals surface area contributed by atoms with E-state index in [9.17, 15) is 24.9 Å². The van der Waals surface area contributed by atoms with Gasteiger partial charge in [-0.1, -0.05) is 117 Å². The van der Waals surface area contributed by atoms with Crippen molar-refractivity contribution in [3.8, 4) is 22.5 Å². The molecule has 0 spiro atoms. The average Bonchev–Trinajstić information content (AvgIpc) is 4.03. The number of rotatable bonds is 15. The average molecular weight is 947 g/mol. The summed E-state index contributed by atoms with van der Waals surface area (Å²) in [5, 5.41) is 39.4. The lowest BCUT2D eigenvalue weighted by atomic mass is 9.80. The first-order valence-corrected chi connectivity index (χ1v) is 24.6. The Hall–Kier alpha value is -5.30. The number of piperazine rings is 2. The number of hydrogen-bond donors (Lipinski definition) is 5. The summed E-state index contributed by atoms with van der Waals surface area (Å²) in [7, 11) is 3.22. The van der Waals surface area contributed by atoms with Gasteiger partial charge >= 0.3 is 0 Å². The molecule has 2 saturated carbocycles. The minimum atomic E-state index is -1.01. The van der Waals surface area contributed by atoms with E-state index in [4.69, 9.17) is 14.2 Å². The third-order valence-electron chi connectivity index (χ3n) is 14.3. The number of nitrogens with one attached hydrogen (secondary N) is 2. The molecule has 4 heterocycles. The first kappa shape index (κ1) is 50.1. The van der Waals surface area contributed by atoms with E-state index in [1.807, 2.05) is 105 Å². The van der Waals surface area contributed by atoms with E-state index < -0.39 is 11.2 Å². The van der Waals surface area contributed by atoms with Crippen molar-refractivity contribution in [2.75, 3.05) is 79.9 Å². The summed E-state index contributed by atoms with van der Waals surface area (Å²) < 4.78 is 20.8. The summed E-state index contributed by atoms with van der Waals surface area (Å²) in [4.78, 5) is 40.5. The van der Waals surface area contributed by atoms with Crippen LogP contribution >= 0.6 is 0 Å². The molecule has 69 heavy (non-hydrogen) atoms. The number of methoxy groups -OCH3 is 2. The van der Waals surface area contributed by atoms with Gasteiger partial charge in [-0.3, -0.25) is 9.59 Å². The monoisotopic (exact) mass is 947 g/mol. The molecule has 4 aliphatic rings. The fourth-order valence-corrected chi connectivity index (χ4v) is 10.8. The molecule has 4 unspecified atom stereocenters. The molecule has 2 aliphatic carbocycles. The van der Waals surface area contributed by atoms with Crippen molar-refractivity contribution in [2.24, 2.45) is 0 Å². The zero-order chi connectivity index (χ0) is 48.2. The zero-order valence-corrected chi connectivity index (χ0v) is 40.1. The van der Waals surface area contributed by atoms with E-state index in [2.05, 4.69) is 20.6 Å². The number of carbonyl (C=O) groups excluding carboxylic acids is 2. The third kappa shape index (κ3) is 11.3. The van der Waals surface area contributed by atoms with Crippen molar-refractivity contribution in [3.05, 3.63) is 121 Å². The van der Waals surface area contributed by atoms with Gasteiger partial charge in [0.05, 0.1) is 81.2 Å². The molecule has 370 valence electrons. The molecule has 4 fully saturated rings. The molecule has 5 N–H and O–H groups in total. The molecule has 2 aromatic heterocycles. The number of imidazole rings is 2. The molecule has 9 rings (SSSR count). The van der Waals surface area contributed by atoms with Gasteiger partial charge in [0, 0.05) is 64.6 Å². The minimum Gasteiger partial charge on any atom is -0.394 e. The van der Waals surface area contributed by atoms with Crippen molar-refractivity contribution < 1.29 is 39.1 Å². The molecule has 3 aromatic carbocycles. The lowest BCUT2D eigenvalue weighted by molar-refractivity contribution is -0.0894. The van der Waals surface area contributed by atoms with Gasteiger partial charge in [-0.15, -0.1) is 0 Å². The number of aliphatic hydroxyl groups is 3. The summed E-state index contributed by atoms with van der Waals surface area (Å²) in [5.41, 5.74) is 3.10. The van der Waals surface area contributed by atoms with Crippen LogP contribution in [0.2, 0.25) is 0 Å². The van der Waals surface area contributed by atoms with Gasteiger partial charge in [-0.25, -0.2) is 9.97 Å². The largest absolute Gasteiger partial charge is 0.394 e. The Labute approximate surface area is 405 Å². The highest BCUT2D eigenvalue weighted by Gasteiger charge is 2.44. The van der Waals surface area contributed by atoms with Gasteiger partial charge in [0.2, 0.25) is 0 Å². The zero-order valence-electron chi connectivity index (χ0n) is 40.1. The smallest absolute Gasteiger partial charge is 0.275 e. The molecule has 16 nitrogen and oxygen atoms in total. The second-order valence-corrected chi connectivity index (χ2v) is 18.9. The molecular weight excluding hydrogens is 877 g/mol. The van der Waals surface area contributed by atoms with Gasteiger partial charge in [0.1, 0.15) is 11.2 Å². The highest BCUT2D eigenvalue weighted by Crippen LogP contribution is 2.43. The molecule has 2 aliphatic heterocycles. The fourth-order valence-electron chi connectivity index (χ4n) is 10.8. The second-order valence-electron chi connectivity index (χ2n) is 18.9. The standard InChI is InChI=1S/C30H38N4O4.C23H32N4O4/c1-37-21-30(36)15-9-8-14-26(30)34-22-32-27(28(34)24-12-6-3-7-13-24)29(35)33-17-16-31-18-25(33)20-38-19-23-10-4-2-5-11-23;1-31-15-23(30)10-6-5-9-19(23)27-16-25-20(21(27)17-7-3-2-4-8-17)22(29)26-12-11-24-13-18(26)14-28/h2-7,10-13,22,25-26,31,36H,8-9,14-21H2,1H3;2-4,7-8,16,18-19,24,28,30H,5-6,9-15H2,1H3/t25-,26?,30?;18-,19?,23?/m00/s1. The number of hydrogen-bond acceptors (Lipinski definition) is 12. The van der Waals surface area contributed by atoms with Gasteiger partial charge in [0.15, 0.2) is 11.4 Å². The Morgan fingerprint density at radius 2 is 1.10 bits per heavy atom. The van der Waals surface area contributed by atoms with E-state index in [0.29, 0.717) is 75.9 Å². The van der Waals surface area contributed by atoms with Crippen LogP contribution in [0, 0.1) is 0 Å². The van der Waals surface area contributed by atoms with E-state index in [-0.39, 0.29) is 55.8 Å². The lowest BCUT2D eigenvalue weighted by Crippen LogP contribution is -2.55. The van der Waals surface area contributed by atoms with Crippen molar-refractivity contribution in [1.29, 1.82) is 0 Å². The molecule has 6 atom stereocenters. The predicted octanol–water partition coefficient (Wildman–Crippen LogP) is 5.12. The number of ether oxygens (including phenoxy) is 3. The highest BCUT2D eigenvalue weighted by atomic mass is 16.5. The van der Waals surface area contributed by atoms with E-state index >= 15 is 0 Å². The topological polar surface area (TPSA) is 189 Å². The van der Waals surface area contributed by atoms with Crippen molar-refractivity contribution in [2.45, 2.75) is 93.3 Å². The number of aromatic nitrogens is 4. The summed E-state index contributed by atoms with van der Waals surface area (Å²) in [6.07, 6.45) is 10.2. The molecule has 5 aromatic rings. The molecule has 0 bridgehead atoms. The van der Waals surface area contributed by atoms with Crippen molar-refractivity contribution >= 4 is 11.8 Å². The van der Waals surface area contributed by atoms with Gasteiger partial charge in [-0.05, 0) is 31.2 Å². The normalized spacial score (nSPS) is 25.2. The van der Waals surface area contributed by atoms with Gasteiger partial charge < -0.3 is 59.1 Å². The number of amides is 2. The molecule has 16 heteroatoms. The number of benzene rings is 3. The van der Waals surface area contributed by atoms with Crippen molar-refractivity contribution in [1.82, 2.24) is 39.5 Å². The van der Waals surface area contributed by atoms with E-state index in [1.165, 1.54) is 0 Å². The maximum atomic E-state index is 14.1. The van der Waals surface area contributed by atoms with Crippen LogP contribution in [0.25, 0.3) is 22.5 Å². The number of aliphatic hydroxyl groups excluding tert-OH is 1. The fraction of sp³-hybridized carbons (Fsp3) is 0.509. The Kier molecular flexibility index (Phi) is 17.1. The van der Waals surface area contributed by atoms with Gasteiger partial charge in [0.25, 0.3) is 11.8 Å². The van der Waals surface area contributed by atoms with Crippen molar-refractivity contribution in [3.63, 3.8) is 0 Å². The highest BCUT2D eigenvalue weighted by molar-refractivity contribution is 5.99. The minimum absolute atomic E-state index is 0.101.